The van der Waals surface area contributed by atoms with E-state index in [1.807, 2.05) is 0 Å². The van der Waals surface area contributed by atoms with E-state index in [1.54, 1.807) is 0 Å². The molecule has 0 fully saturated rings. The monoisotopic (exact) mass is 226 g/mol. The molecule has 8 heteroatoms. The first kappa shape index (κ1) is 14.9. The van der Waals surface area contributed by atoms with E-state index < -0.39 is 24.3 Å². The van der Waals surface area contributed by atoms with Crippen LogP contribution in [0.15, 0.2) is 6.07 Å². The minimum absolute atomic E-state index is 0. The Morgan fingerprint density at radius 3 is 2.38 bits per heavy atom. The van der Waals surface area contributed by atoms with Crippen LogP contribution in [0.25, 0.3) is 0 Å². The van der Waals surface area contributed by atoms with Gasteiger partial charge in [-0.05, 0) is 18.6 Å². The molecule has 0 aliphatic carbocycles. The summed E-state index contributed by atoms with van der Waals surface area (Å²) in [5.41, 5.74) is -1.04. The molecule has 0 spiro atoms. The van der Waals surface area contributed by atoms with Crippen LogP contribution in [0.1, 0.15) is 17.0 Å². The number of carboxylic acid groups (broad SMARTS) is 1. The predicted octanol–water partition coefficient (Wildman–Crippen LogP) is -2.90. The molecule has 0 unspecified atom stereocenters. The Balaban J connectivity index is 0.00000225. The van der Waals surface area contributed by atoms with Crippen molar-refractivity contribution in [3.63, 3.8) is 0 Å². The van der Waals surface area contributed by atoms with Crippen LogP contribution in [0.2, 0.25) is 0 Å². The minimum atomic E-state index is -4.57. The maximum Gasteiger partial charge on any atom is 1.00 e. The van der Waals surface area contributed by atoms with Crippen molar-refractivity contribution in [2.24, 2.45) is 0 Å². The van der Waals surface area contributed by atoms with E-state index in [4.69, 9.17) is 0 Å². The first-order valence-corrected chi connectivity index (χ1v) is 3.91. The van der Waals surface area contributed by atoms with Gasteiger partial charge in [-0.1, -0.05) is 0 Å². The number of alkyl halides is 3. The van der Waals surface area contributed by atoms with Gasteiger partial charge < -0.3 is 9.90 Å². The summed E-state index contributed by atoms with van der Waals surface area (Å²) in [4.78, 5) is 10.2. The van der Waals surface area contributed by atoms with E-state index in [0.29, 0.717) is 0 Å². The average Bonchev–Trinajstić information content (AvgIpc) is 2.05. The van der Waals surface area contributed by atoms with Gasteiger partial charge in [0.05, 0.1) is 5.69 Å². The summed E-state index contributed by atoms with van der Waals surface area (Å²) < 4.78 is 36.4. The van der Waals surface area contributed by atoms with Crippen molar-refractivity contribution in [1.82, 2.24) is 10.2 Å². The Labute approximate surface area is 101 Å². The molecular weight excluding hydrogens is 220 g/mol. The van der Waals surface area contributed by atoms with Crippen molar-refractivity contribution in [3.05, 3.63) is 23.0 Å². The number of aliphatic carboxylic acids is 1. The van der Waals surface area contributed by atoms with Crippen molar-refractivity contribution in [2.75, 3.05) is 0 Å². The van der Waals surface area contributed by atoms with Crippen LogP contribution in [0.4, 0.5) is 13.2 Å². The average molecular weight is 226 g/mol. The quantitative estimate of drug-likeness (QED) is 0.507. The zero-order valence-electron chi connectivity index (χ0n) is 8.63. The van der Waals surface area contributed by atoms with Crippen LogP contribution < -0.4 is 24.0 Å². The van der Waals surface area contributed by atoms with Gasteiger partial charge in [0.1, 0.15) is 0 Å². The fourth-order valence-corrected chi connectivity index (χ4v) is 0.960. The van der Waals surface area contributed by atoms with E-state index in [-0.39, 0.29) is 30.1 Å². The van der Waals surface area contributed by atoms with Gasteiger partial charge in [-0.3, -0.25) is 0 Å². The third-order valence-corrected chi connectivity index (χ3v) is 1.69. The zero-order chi connectivity index (χ0) is 11.6. The molecular formula is C8H6F3LiN2O2. The number of halogens is 3. The van der Waals surface area contributed by atoms with Crippen molar-refractivity contribution >= 4 is 5.97 Å². The Morgan fingerprint density at radius 2 is 2.00 bits per heavy atom. The normalized spacial score (nSPS) is 10.8. The SMILES string of the molecule is Cc1cc(C(F)(F)F)nnc1CC(=O)[O-].[Li+]. The Kier molecular flexibility index (Phi) is 4.97. The molecule has 1 rings (SSSR count). The van der Waals surface area contributed by atoms with Gasteiger partial charge in [-0.2, -0.15) is 18.3 Å². The number of hydrogen-bond acceptors (Lipinski definition) is 4. The summed E-state index contributed by atoms with van der Waals surface area (Å²) >= 11 is 0. The van der Waals surface area contributed by atoms with Crippen LogP contribution in [0.5, 0.6) is 0 Å². The van der Waals surface area contributed by atoms with Crippen LogP contribution in [-0.4, -0.2) is 16.2 Å². The maximum absolute atomic E-state index is 12.1. The molecule has 0 aliphatic heterocycles. The number of nitrogens with zero attached hydrogens (tertiary/aromatic N) is 2. The van der Waals surface area contributed by atoms with Gasteiger partial charge in [0.25, 0.3) is 0 Å². The van der Waals surface area contributed by atoms with Gasteiger partial charge in [0, 0.05) is 12.4 Å². The molecule has 0 atom stereocenters. The second-order valence-corrected chi connectivity index (χ2v) is 2.91. The third-order valence-electron chi connectivity index (χ3n) is 1.69. The topological polar surface area (TPSA) is 65.9 Å². The summed E-state index contributed by atoms with van der Waals surface area (Å²) in [7, 11) is 0. The third kappa shape index (κ3) is 3.83. The van der Waals surface area contributed by atoms with E-state index in [0.717, 1.165) is 6.07 Å². The first-order valence-electron chi connectivity index (χ1n) is 3.91. The fraction of sp³-hybridized carbons (Fsp3) is 0.375. The number of carboxylic acids is 1. The summed E-state index contributed by atoms with van der Waals surface area (Å²) in [6.07, 6.45) is -5.12. The smallest absolute Gasteiger partial charge is 0.550 e. The van der Waals surface area contributed by atoms with Crippen molar-refractivity contribution < 1.29 is 41.9 Å². The molecule has 4 nitrogen and oxygen atoms in total. The molecule has 0 bridgehead atoms. The molecule has 0 saturated heterocycles. The van der Waals surface area contributed by atoms with Crippen molar-refractivity contribution in [3.8, 4) is 0 Å². The second kappa shape index (κ2) is 5.32. The summed E-state index contributed by atoms with van der Waals surface area (Å²) in [5.74, 6) is -1.41. The minimum Gasteiger partial charge on any atom is -0.550 e. The maximum atomic E-state index is 12.1. The van der Waals surface area contributed by atoms with Gasteiger partial charge in [-0.25, -0.2) is 0 Å². The summed E-state index contributed by atoms with van der Waals surface area (Å²) in [5, 5.41) is 16.3. The van der Waals surface area contributed by atoms with Gasteiger partial charge in [0.2, 0.25) is 0 Å². The molecule has 1 heterocycles. The van der Waals surface area contributed by atoms with E-state index >= 15 is 0 Å². The number of hydrogen-bond donors (Lipinski definition) is 0. The van der Waals surface area contributed by atoms with Crippen LogP contribution in [0.3, 0.4) is 0 Å². The molecule has 0 amide bonds. The summed E-state index contributed by atoms with van der Waals surface area (Å²) in [6, 6.07) is 0.755. The Bertz CT molecular complexity index is 395. The molecule has 1 aromatic heterocycles. The molecule has 0 aromatic carbocycles. The molecule has 0 N–H and O–H groups in total. The predicted molar refractivity (Wildman–Crippen MR) is 40.5 cm³/mol. The van der Waals surface area contributed by atoms with E-state index in [1.165, 1.54) is 6.92 Å². The molecule has 0 radical (unpaired) electrons. The van der Waals surface area contributed by atoms with Gasteiger partial charge >= 0.3 is 25.0 Å². The Hall–Kier alpha value is -1.06. The Morgan fingerprint density at radius 1 is 1.44 bits per heavy atom. The van der Waals surface area contributed by atoms with Crippen molar-refractivity contribution in [2.45, 2.75) is 19.5 Å². The fourth-order valence-electron chi connectivity index (χ4n) is 0.960. The molecule has 1 aromatic rings. The molecule has 16 heavy (non-hydrogen) atoms. The largest absolute Gasteiger partial charge is 1.00 e. The van der Waals surface area contributed by atoms with Gasteiger partial charge in [0.15, 0.2) is 5.69 Å². The molecule has 82 valence electrons. The number of carbonyl (C=O) groups excluding carboxylic acids is 1. The van der Waals surface area contributed by atoms with Crippen molar-refractivity contribution in [1.29, 1.82) is 0 Å². The standard InChI is InChI=1S/C8H7F3N2O2.Li/c1-4-2-6(8(9,10)11)13-12-5(4)3-7(14)15;/h2H,3H2,1H3,(H,14,15);/q;+1/p-1. The van der Waals surface area contributed by atoms with Crippen LogP contribution in [0, 0.1) is 6.92 Å². The second-order valence-electron chi connectivity index (χ2n) is 2.91. The number of aromatic nitrogens is 2. The number of carbonyl (C=O) groups is 1. The molecule has 0 aliphatic rings. The van der Waals surface area contributed by atoms with E-state index in [9.17, 15) is 23.1 Å². The van der Waals surface area contributed by atoms with Crippen LogP contribution >= 0.6 is 0 Å². The zero-order valence-corrected chi connectivity index (χ0v) is 8.63. The number of aryl methyl sites for hydroxylation is 1. The summed E-state index contributed by atoms with van der Waals surface area (Å²) in [6.45, 7) is 1.34. The van der Waals surface area contributed by atoms with Gasteiger partial charge in [-0.15, -0.1) is 5.10 Å². The molecule has 0 saturated carbocycles. The van der Waals surface area contributed by atoms with E-state index in [2.05, 4.69) is 10.2 Å². The first-order chi connectivity index (χ1) is 6.80. The number of rotatable bonds is 2. The van der Waals surface area contributed by atoms with Crippen LogP contribution in [-0.2, 0) is 17.4 Å².